The first-order valence-electron chi connectivity index (χ1n) is 14.1. The summed E-state index contributed by atoms with van der Waals surface area (Å²) in [5, 5.41) is 5.15. The van der Waals surface area contributed by atoms with Crippen molar-refractivity contribution in [3.05, 3.63) is 83.9 Å². The fourth-order valence-electron chi connectivity index (χ4n) is 5.03. The molecule has 0 radical (unpaired) electrons. The predicted octanol–water partition coefficient (Wildman–Crippen LogP) is 5.14. The summed E-state index contributed by atoms with van der Waals surface area (Å²) in [7, 11) is 2.50. The van der Waals surface area contributed by atoms with Crippen molar-refractivity contribution >= 4 is 40.9 Å². The van der Waals surface area contributed by atoms with Crippen molar-refractivity contribution in [1.29, 1.82) is 0 Å². The smallest absolute Gasteiger partial charge is 0.337 e. The van der Waals surface area contributed by atoms with Crippen molar-refractivity contribution in [2.75, 3.05) is 49.0 Å². The van der Waals surface area contributed by atoms with E-state index in [0.29, 0.717) is 17.9 Å². The van der Waals surface area contributed by atoms with E-state index in [2.05, 4.69) is 10.6 Å². The van der Waals surface area contributed by atoms with Gasteiger partial charge in [-0.05, 0) is 61.2 Å². The molecule has 0 bridgehead atoms. The zero-order chi connectivity index (χ0) is 31.6. The number of para-hydroxylation sites is 3. The minimum atomic E-state index is -0.887. The number of carbonyl (C=O) groups excluding carboxylic acids is 4. The van der Waals surface area contributed by atoms with Gasteiger partial charge >= 0.3 is 12.0 Å². The van der Waals surface area contributed by atoms with Crippen LogP contribution in [-0.4, -0.2) is 57.7 Å². The molecule has 1 fully saturated rings. The molecule has 1 aliphatic carbocycles. The minimum absolute atomic E-state index is 0.221. The number of urea groups is 1. The SMILES string of the molecule is COC(=O)c1cccc(NC(=O)NCC(=O)N(CC2CCCC2)c2ccccc2OCC(=O)N(C)c2c(F)cccc2F)c1. The van der Waals surface area contributed by atoms with Crippen LogP contribution in [0.1, 0.15) is 36.0 Å². The Kier molecular flexibility index (Phi) is 10.8. The third-order valence-corrected chi connectivity index (χ3v) is 7.31. The number of amides is 4. The highest BCUT2D eigenvalue weighted by atomic mass is 19.1. The van der Waals surface area contributed by atoms with Crippen LogP contribution in [0.3, 0.4) is 0 Å². The molecule has 0 atom stereocenters. The highest BCUT2D eigenvalue weighted by molar-refractivity contribution is 6.00. The molecule has 44 heavy (non-hydrogen) atoms. The number of halogens is 2. The highest BCUT2D eigenvalue weighted by Gasteiger charge is 2.26. The second-order valence-electron chi connectivity index (χ2n) is 10.3. The van der Waals surface area contributed by atoms with Crippen molar-refractivity contribution in [2.24, 2.45) is 5.92 Å². The molecule has 3 aromatic carbocycles. The summed E-state index contributed by atoms with van der Waals surface area (Å²) < 4.78 is 38.9. The van der Waals surface area contributed by atoms with E-state index in [4.69, 9.17) is 9.47 Å². The summed E-state index contributed by atoms with van der Waals surface area (Å²) in [6, 6.07) is 15.5. The standard InChI is InChI=1S/C32H34F2N4O6/c1-37(30-24(33)13-8-14-25(30)34)29(40)20-44-27-16-6-5-15-26(27)38(19-21-9-3-4-10-21)28(39)18-35-32(42)36-23-12-7-11-22(17-23)31(41)43-2/h5-8,11-17,21H,3-4,9-10,18-20H2,1-2H3,(H2,35,36,42). The zero-order valence-corrected chi connectivity index (χ0v) is 24.5. The largest absolute Gasteiger partial charge is 0.482 e. The fourth-order valence-corrected chi connectivity index (χ4v) is 5.03. The molecule has 0 unspecified atom stereocenters. The van der Waals surface area contributed by atoms with Crippen LogP contribution in [0.2, 0.25) is 0 Å². The summed E-state index contributed by atoms with van der Waals surface area (Å²) in [5.74, 6) is -2.99. The number of methoxy groups -OCH3 is 1. The van der Waals surface area contributed by atoms with Gasteiger partial charge in [0.15, 0.2) is 6.61 Å². The number of likely N-dealkylation sites (N-methyl/N-ethyl adjacent to an activating group) is 1. The molecule has 232 valence electrons. The van der Waals surface area contributed by atoms with E-state index in [9.17, 15) is 28.0 Å². The number of rotatable bonds is 11. The first kappa shape index (κ1) is 31.9. The van der Waals surface area contributed by atoms with Crippen molar-refractivity contribution in [2.45, 2.75) is 25.7 Å². The van der Waals surface area contributed by atoms with Crippen LogP contribution >= 0.6 is 0 Å². The first-order valence-corrected chi connectivity index (χ1v) is 14.1. The van der Waals surface area contributed by atoms with E-state index >= 15 is 0 Å². The zero-order valence-electron chi connectivity index (χ0n) is 24.5. The maximum absolute atomic E-state index is 14.2. The van der Waals surface area contributed by atoms with E-state index in [1.807, 2.05) is 0 Å². The van der Waals surface area contributed by atoms with E-state index in [1.54, 1.807) is 42.5 Å². The molecule has 12 heteroatoms. The van der Waals surface area contributed by atoms with Crippen LogP contribution in [-0.2, 0) is 14.3 Å². The Bertz CT molecular complexity index is 1490. The minimum Gasteiger partial charge on any atom is -0.482 e. The number of benzene rings is 3. The van der Waals surface area contributed by atoms with Gasteiger partial charge < -0.3 is 29.9 Å². The number of nitrogens with zero attached hydrogens (tertiary/aromatic N) is 2. The van der Waals surface area contributed by atoms with Gasteiger partial charge in [-0.3, -0.25) is 9.59 Å². The van der Waals surface area contributed by atoms with E-state index in [0.717, 1.165) is 42.7 Å². The number of ether oxygens (including phenoxy) is 2. The van der Waals surface area contributed by atoms with Gasteiger partial charge in [-0.15, -0.1) is 0 Å². The number of hydrogen-bond acceptors (Lipinski definition) is 6. The van der Waals surface area contributed by atoms with Gasteiger partial charge in [-0.1, -0.05) is 37.1 Å². The molecule has 1 aliphatic rings. The number of hydrogen-bond donors (Lipinski definition) is 2. The van der Waals surface area contributed by atoms with Crippen LogP contribution in [0.4, 0.5) is 30.6 Å². The molecule has 4 amide bonds. The summed E-state index contributed by atoms with van der Waals surface area (Å²) in [6.45, 7) is -0.520. The first-order chi connectivity index (χ1) is 21.2. The van der Waals surface area contributed by atoms with Crippen molar-refractivity contribution in [3.8, 4) is 5.75 Å². The maximum atomic E-state index is 14.2. The molecule has 1 saturated carbocycles. The molecule has 0 heterocycles. The number of esters is 1. The van der Waals surface area contributed by atoms with E-state index in [1.165, 1.54) is 31.2 Å². The molecule has 4 rings (SSSR count). The molecule has 10 nitrogen and oxygen atoms in total. The summed E-state index contributed by atoms with van der Waals surface area (Å²) >= 11 is 0. The van der Waals surface area contributed by atoms with Gasteiger partial charge in [0.1, 0.15) is 23.1 Å². The van der Waals surface area contributed by atoms with Crippen LogP contribution in [0.25, 0.3) is 0 Å². The Morgan fingerprint density at radius 2 is 1.59 bits per heavy atom. The van der Waals surface area contributed by atoms with Gasteiger partial charge in [0.05, 0.1) is 24.9 Å². The van der Waals surface area contributed by atoms with Crippen LogP contribution < -0.4 is 25.2 Å². The molecule has 0 saturated heterocycles. The van der Waals surface area contributed by atoms with Gasteiger partial charge in [0, 0.05) is 19.3 Å². The molecular weight excluding hydrogens is 574 g/mol. The van der Waals surface area contributed by atoms with Crippen molar-refractivity contribution < 1.29 is 37.4 Å². The maximum Gasteiger partial charge on any atom is 0.337 e. The van der Waals surface area contributed by atoms with Crippen LogP contribution in [0.15, 0.2) is 66.7 Å². The summed E-state index contributed by atoms with van der Waals surface area (Å²) in [4.78, 5) is 53.1. The quantitative estimate of drug-likeness (QED) is 0.291. The van der Waals surface area contributed by atoms with E-state index < -0.39 is 47.7 Å². The van der Waals surface area contributed by atoms with Crippen molar-refractivity contribution in [1.82, 2.24) is 5.32 Å². The third kappa shape index (κ3) is 8.09. The highest BCUT2D eigenvalue weighted by Crippen LogP contribution is 2.33. The van der Waals surface area contributed by atoms with Crippen LogP contribution in [0, 0.1) is 17.6 Å². The topological polar surface area (TPSA) is 117 Å². The fraction of sp³-hybridized carbons (Fsp3) is 0.312. The van der Waals surface area contributed by atoms with Gasteiger partial charge in [-0.2, -0.15) is 0 Å². The Labute approximate surface area is 253 Å². The Morgan fingerprint density at radius 3 is 2.30 bits per heavy atom. The lowest BCUT2D eigenvalue weighted by Gasteiger charge is -2.28. The average molecular weight is 609 g/mol. The van der Waals surface area contributed by atoms with Gasteiger partial charge in [0.2, 0.25) is 5.91 Å². The summed E-state index contributed by atoms with van der Waals surface area (Å²) in [5.41, 5.74) is 0.493. The molecule has 0 spiro atoms. The molecule has 2 N–H and O–H groups in total. The second-order valence-corrected chi connectivity index (χ2v) is 10.3. The number of nitrogens with one attached hydrogen (secondary N) is 2. The molecule has 0 aromatic heterocycles. The lowest BCUT2D eigenvalue weighted by Crippen LogP contribution is -2.43. The predicted molar refractivity (Wildman–Crippen MR) is 161 cm³/mol. The van der Waals surface area contributed by atoms with Crippen molar-refractivity contribution in [3.63, 3.8) is 0 Å². The average Bonchev–Trinajstić information content (AvgIpc) is 3.54. The normalized spacial score (nSPS) is 12.7. The Morgan fingerprint density at radius 1 is 0.909 bits per heavy atom. The Balaban J connectivity index is 1.45. The number of carbonyl (C=O) groups is 4. The van der Waals surface area contributed by atoms with Gasteiger partial charge in [0.25, 0.3) is 5.91 Å². The Hall–Kier alpha value is -5.00. The number of anilines is 3. The van der Waals surface area contributed by atoms with Crippen LogP contribution in [0.5, 0.6) is 5.75 Å². The van der Waals surface area contributed by atoms with E-state index in [-0.39, 0.29) is 23.8 Å². The monoisotopic (exact) mass is 608 g/mol. The molecular formula is C32H34F2N4O6. The second kappa shape index (κ2) is 14.9. The lowest BCUT2D eigenvalue weighted by molar-refractivity contribution is -0.120. The van der Waals surface area contributed by atoms with Gasteiger partial charge in [-0.25, -0.2) is 18.4 Å². The molecule has 3 aromatic rings. The summed E-state index contributed by atoms with van der Waals surface area (Å²) in [6.07, 6.45) is 3.97. The lowest BCUT2D eigenvalue weighted by atomic mass is 10.1. The molecule has 0 aliphatic heterocycles. The third-order valence-electron chi connectivity index (χ3n) is 7.31.